The minimum absolute atomic E-state index is 0.101. The van der Waals surface area contributed by atoms with E-state index in [2.05, 4.69) is 10.3 Å². The van der Waals surface area contributed by atoms with E-state index in [-0.39, 0.29) is 23.4 Å². The summed E-state index contributed by atoms with van der Waals surface area (Å²) >= 11 is 0. The van der Waals surface area contributed by atoms with E-state index >= 15 is 0 Å². The molecule has 18 heavy (non-hydrogen) atoms. The first-order valence-electron chi connectivity index (χ1n) is 6.33. The van der Waals surface area contributed by atoms with Gasteiger partial charge in [0, 0.05) is 12.1 Å². The van der Waals surface area contributed by atoms with E-state index in [0.717, 1.165) is 31.9 Å². The molecule has 0 aromatic carbocycles. The molecule has 98 valence electrons. The van der Waals surface area contributed by atoms with Gasteiger partial charge in [-0.3, -0.25) is 9.78 Å². The standard InChI is InChI=1S/C13H18FN3O/c14-11-8-16-6-5-12(11)17-13(18)10-4-2-1-3-9(10)7-15/h5-6,8-10H,1-4,7,15H2,(H,16,17,18). The van der Waals surface area contributed by atoms with Gasteiger partial charge in [-0.25, -0.2) is 4.39 Å². The zero-order valence-electron chi connectivity index (χ0n) is 10.2. The lowest BCUT2D eigenvalue weighted by Crippen LogP contribution is -2.35. The van der Waals surface area contributed by atoms with Gasteiger partial charge in [0.2, 0.25) is 5.91 Å². The Hall–Kier alpha value is -1.49. The molecule has 1 saturated carbocycles. The molecule has 2 unspecified atom stereocenters. The number of rotatable bonds is 3. The van der Waals surface area contributed by atoms with Crippen molar-refractivity contribution in [1.29, 1.82) is 0 Å². The van der Waals surface area contributed by atoms with E-state index in [1.54, 1.807) is 0 Å². The van der Waals surface area contributed by atoms with Crippen LogP contribution in [0.5, 0.6) is 0 Å². The van der Waals surface area contributed by atoms with Crippen LogP contribution in [0.25, 0.3) is 0 Å². The topological polar surface area (TPSA) is 68.0 Å². The molecule has 0 aliphatic heterocycles. The second-order valence-electron chi connectivity index (χ2n) is 4.73. The average Bonchev–Trinajstić information content (AvgIpc) is 2.41. The van der Waals surface area contributed by atoms with Crippen LogP contribution < -0.4 is 11.1 Å². The quantitative estimate of drug-likeness (QED) is 0.862. The van der Waals surface area contributed by atoms with E-state index in [1.165, 1.54) is 12.3 Å². The number of hydrogen-bond acceptors (Lipinski definition) is 3. The Morgan fingerprint density at radius 2 is 2.28 bits per heavy atom. The lowest BCUT2D eigenvalue weighted by molar-refractivity contribution is -0.122. The SMILES string of the molecule is NCC1CCCCC1C(=O)Nc1ccncc1F. The van der Waals surface area contributed by atoms with Crippen LogP contribution in [0, 0.1) is 17.7 Å². The van der Waals surface area contributed by atoms with Crippen LogP contribution in [0.4, 0.5) is 10.1 Å². The van der Waals surface area contributed by atoms with Gasteiger partial charge >= 0.3 is 0 Å². The summed E-state index contributed by atoms with van der Waals surface area (Å²) in [6.07, 6.45) is 6.52. The summed E-state index contributed by atoms with van der Waals surface area (Å²) in [7, 11) is 0. The van der Waals surface area contributed by atoms with Gasteiger partial charge in [-0.05, 0) is 31.4 Å². The zero-order valence-corrected chi connectivity index (χ0v) is 10.2. The van der Waals surface area contributed by atoms with Crippen molar-refractivity contribution in [2.45, 2.75) is 25.7 Å². The van der Waals surface area contributed by atoms with Crippen molar-refractivity contribution >= 4 is 11.6 Å². The largest absolute Gasteiger partial charge is 0.330 e. The highest BCUT2D eigenvalue weighted by Crippen LogP contribution is 2.30. The number of hydrogen-bond donors (Lipinski definition) is 2. The van der Waals surface area contributed by atoms with Gasteiger partial charge in [-0.15, -0.1) is 0 Å². The van der Waals surface area contributed by atoms with Crippen molar-refractivity contribution in [1.82, 2.24) is 4.98 Å². The third-order valence-corrected chi connectivity index (χ3v) is 3.58. The first-order valence-corrected chi connectivity index (χ1v) is 6.33. The van der Waals surface area contributed by atoms with Gasteiger partial charge in [-0.2, -0.15) is 0 Å². The predicted octanol–water partition coefficient (Wildman–Crippen LogP) is 1.92. The normalized spacial score (nSPS) is 23.7. The molecule has 2 rings (SSSR count). The molecule has 1 fully saturated rings. The molecule has 5 heteroatoms. The van der Waals surface area contributed by atoms with Gasteiger partial charge in [-0.1, -0.05) is 12.8 Å². The van der Waals surface area contributed by atoms with Crippen LogP contribution >= 0.6 is 0 Å². The predicted molar refractivity (Wildman–Crippen MR) is 67.3 cm³/mol. The van der Waals surface area contributed by atoms with Crippen LogP contribution in [0.15, 0.2) is 18.5 Å². The average molecular weight is 251 g/mol. The number of halogens is 1. The molecule has 2 atom stereocenters. The Balaban J connectivity index is 2.05. The number of carbonyl (C=O) groups excluding carboxylic acids is 1. The Morgan fingerprint density at radius 1 is 1.50 bits per heavy atom. The zero-order chi connectivity index (χ0) is 13.0. The van der Waals surface area contributed by atoms with E-state index < -0.39 is 5.82 Å². The number of aromatic nitrogens is 1. The van der Waals surface area contributed by atoms with Gasteiger partial charge in [0.25, 0.3) is 0 Å². The third-order valence-electron chi connectivity index (χ3n) is 3.58. The molecule has 4 nitrogen and oxygen atoms in total. The van der Waals surface area contributed by atoms with Crippen molar-refractivity contribution in [2.24, 2.45) is 17.6 Å². The Kier molecular flexibility index (Phi) is 4.25. The number of amides is 1. The summed E-state index contributed by atoms with van der Waals surface area (Å²) in [5, 5.41) is 2.63. The summed E-state index contributed by atoms with van der Waals surface area (Å²) < 4.78 is 13.4. The van der Waals surface area contributed by atoms with Gasteiger partial charge < -0.3 is 11.1 Å². The van der Waals surface area contributed by atoms with Gasteiger partial charge in [0.15, 0.2) is 5.82 Å². The van der Waals surface area contributed by atoms with Gasteiger partial charge in [0.05, 0.1) is 11.9 Å². The number of pyridine rings is 1. The fourth-order valence-corrected chi connectivity index (χ4v) is 2.54. The fraction of sp³-hybridized carbons (Fsp3) is 0.538. The Labute approximate surface area is 106 Å². The lowest BCUT2D eigenvalue weighted by atomic mass is 9.78. The van der Waals surface area contributed by atoms with Gasteiger partial charge in [0.1, 0.15) is 0 Å². The van der Waals surface area contributed by atoms with E-state index in [1.807, 2.05) is 0 Å². The maximum atomic E-state index is 13.4. The van der Waals surface area contributed by atoms with Crippen molar-refractivity contribution < 1.29 is 9.18 Å². The Bertz CT molecular complexity index is 424. The monoisotopic (exact) mass is 251 g/mol. The fourth-order valence-electron chi connectivity index (χ4n) is 2.54. The van der Waals surface area contributed by atoms with Crippen molar-refractivity contribution in [2.75, 3.05) is 11.9 Å². The summed E-state index contributed by atoms with van der Waals surface area (Å²) in [6.45, 7) is 0.511. The van der Waals surface area contributed by atoms with Crippen molar-refractivity contribution in [3.8, 4) is 0 Å². The van der Waals surface area contributed by atoms with Crippen molar-refractivity contribution in [3.63, 3.8) is 0 Å². The number of anilines is 1. The molecule has 3 N–H and O–H groups in total. The second-order valence-corrected chi connectivity index (χ2v) is 4.73. The lowest BCUT2D eigenvalue weighted by Gasteiger charge is -2.29. The summed E-state index contributed by atoms with van der Waals surface area (Å²) in [4.78, 5) is 15.8. The molecule has 0 spiro atoms. The molecular weight excluding hydrogens is 233 g/mol. The van der Waals surface area contributed by atoms with Crippen LogP contribution in [0.3, 0.4) is 0 Å². The Morgan fingerprint density at radius 3 is 3.00 bits per heavy atom. The van der Waals surface area contributed by atoms with Crippen LogP contribution in [0.1, 0.15) is 25.7 Å². The molecule has 1 aromatic rings. The number of nitrogens with one attached hydrogen (secondary N) is 1. The maximum absolute atomic E-state index is 13.4. The molecule has 0 bridgehead atoms. The summed E-state index contributed by atoms with van der Waals surface area (Å²) in [5.41, 5.74) is 5.88. The van der Waals surface area contributed by atoms with E-state index in [0.29, 0.717) is 6.54 Å². The first kappa shape index (κ1) is 13.0. The van der Waals surface area contributed by atoms with E-state index in [9.17, 15) is 9.18 Å². The van der Waals surface area contributed by atoms with Crippen LogP contribution in [-0.2, 0) is 4.79 Å². The molecule has 1 aliphatic carbocycles. The number of carbonyl (C=O) groups is 1. The maximum Gasteiger partial charge on any atom is 0.227 e. The smallest absolute Gasteiger partial charge is 0.227 e. The molecule has 1 aliphatic rings. The minimum Gasteiger partial charge on any atom is -0.330 e. The van der Waals surface area contributed by atoms with E-state index in [4.69, 9.17) is 5.73 Å². The molecule has 1 heterocycles. The first-order chi connectivity index (χ1) is 8.72. The molecule has 0 saturated heterocycles. The summed E-state index contributed by atoms with van der Waals surface area (Å²) in [6, 6.07) is 1.47. The molecular formula is C13H18FN3O. The van der Waals surface area contributed by atoms with Crippen molar-refractivity contribution in [3.05, 3.63) is 24.3 Å². The number of nitrogens with two attached hydrogens (primary N) is 1. The van der Waals surface area contributed by atoms with Crippen LogP contribution in [0.2, 0.25) is 0 Å². The molecule has 0 radical (unpaired) electrons. The second kappa shape index (κ2) is 5.91. The van der Waals surface area contributed by atoms with Crippen LogP contribution in [-0.4, -0.2) is 17.4 Å². The third kappa shape index (κ3) is 2.85. The minimum atomic E-state index is -0.508. The molecule has 1 aromatic heterocycles. The molecule has 1 amide bonds. The highest BCUT2D eigenvalue weighted by atomic mass is 19.1. The highest BCUT2D eigenvalue weighted by molar-refractivity contribution is 5.92. The number of nitrogens with zero attached hydrogens (tertiary/aromatic N) is 1. The summed E-state index contributed by atoms with van der Waals surface area (Å²) in [5.74, 6) is -0.527. The highest BCUT2D eigenvalue weighted by Gasteiger charge is 2.30.